The van der Waals surface area contributed by atoms with Crippen molar-refractivity contribution in [2.24, 2.45) is 0 Å². The zero-order valence-corrected chi connectivity index (χ0v) is 21.7. The van der Waals surface area contributed by atoms with Gasteiger partial charge in [0.15, 0.2) is 11.5 Å². The van der Waals surface area contributed by atoms with E-state index in [0.717, 1.165) is 34.4 Å². The molecule has 8 rings (SSSR count). The standard InChI is InChI=1S/C34H23N3S/c1-2-21-14-19-30-29(20-21)25-8-3-4-10-28(25)34-36-35-33(37(30)34)23-17-15-22(16-18-23)24-11-7-12-27-26-9-5-6-13-31(26)38-32(24)27/h3-20H,2H2,1H3. The van der Waals surface area contributed by atoms with Crippen molar-refractivity contribution in [1.82, 2.24) is 14.6 Å². The lowest BCUT2D eigenvalue weighted by Gasteiger charge is -2.11. The van der Waals surface area contributed by atoms with Crippen molar-refractivity contribution >= 4 is 58.8 Å². The highest BCUT2D eigenvalue weighted by Gasteiger charge is 2.16. The molecule has 0 atom stereocenters. The fraction of sp³-hybridized carbons (Fsp3) is 0.0588. The van der Waals surface area contributed by atoms with Crippen molar-refractivity contribution < 1.29 is 0 Å². The molecule has 3 nitrogen and oxygen atoms in total. The molecule has 0 saturated heterocycles. The van der Waals surface area contributed by atoms with Crippen molar-refractivity contribution in [3.05, 3.63) is 115 Å². The second-order valence-electron chi connectivity index (χ2n) is 9.79. The summed E-state index contributed by atoms with van der Waals surface area (Å²) in [6.07, 6.45) is 1.01. The van der Waals surface area contributed by atoms with Crippen molar-refractivity contribution in [3.8, 4) is 22.5 Å². The lowest BCUT2D eigenvalue weighted by molar-refractivity contribution is 1.12. The lowest BCUT2D eigenvalue weighted by atomic mass is 10.0. The van der Waals surface area contributed by atoms with Gasteiger partial charge in [0.05, 0.1) is 5.52 Å². The molecule has 0 N–H and O–H groups in total. The summed E-state index contributed by atoms with van der Waals surface area (Å²) in [5.74, 6) is 0.867. The van der Waals surface area contributed by atoms with Gasteiger partial charge >= 0.3 is 0 Å². The minimum atomic E-state index is 0.867. The Hall–Kier alpha value is -4.54. The summed E-state index contributed by atoms with van der Waals surface area (Å²) in [6.45, 7) is 2.20. The molecule has 180 valence electrons. The zero-order chi connectivity index (χ0) is 25.2. The van der Waals surface area contributed by atoms with Crippen LogP contribution in [-0.2, 0) is 6.42 Å². The van der Waals surface area contributed by atoms with Crippen LogP contribution in [0.5, 0.6) is 0 Å². The minimum Gasteiger partial charge on any atom is -0.274 e. The van der Waals surface area contributed by atoms with E-state index in [1.54, 1.807) is 0 Å². The molecule has 3 heterocycles. The molecule has 0 aliphatic heterocycles. The largest absolute Gasteiger partial charge is 0.274 e. The van der Waals surface area contributed by atoms with Gasteiger partial charge in [-0.05, 0) is 46.7 Å². The van der Waals surface area contributed by atoms with E-state index in [1.165, 1.54) is 47.6 Å². The molecular formula is C34H23N3S. The van der Waals surface area contributed by atoms with Crippen molar-refractivity contribution in [2.45, 2.75) is 13.3 Å². The van der Waals surface area contributed by atoms with Crippen LogP contribution in [0.1, 0.15) is 12.5 Å². The molecule has 3 aromatic heterocycles. The summed E-state index contributed by atoms with van der Waals surface area (Å²) < 4.78 is 4.88. The minimum absolute atomic E-state index is 0.867. The molecule has 4 heteroatoms. The van der Waals surface area contributed by atoms with E-state index in [9.17, 15) is 0 Å². The van der Waals surface area contributed by atoms with E-state index in [4.69, 9.17) is 5.10 Å². The average Bonchev–Trinajstić information content (AvgIpc) is 3.60. The van der Waals surface area contributed by atoms with Crippen LogP contribution in [0.4, 0.5) is 0 Å². The third-order valence-corrected chi connectivity index (χ3v) is 8.91. The number of aromatic nitrogens is 3. The van der Waals surface area contributed by atoms with Crippen LogP contribution in [0, 0.1) is 0 Å². The first-order valence-electron chi connectivity index (χ1n) is 13.0. The van der Waals surface area contributed by atoms with Gasteiger partial charge in [-0.2, -0.15) is 0 Å². The van der Waals surface area contributed by atoms with Crippen LogP contribution in [0.3, 0.4) is 0 Å². The zero-order valence-electron chi connectivity index (χ0n) is 20.8. The molecule has 5 aromatic carbocycles. The van der Waals surface area contributed by atoms with E-state index >= 15 is 0 Å². The first-order valence-corrected chi connectivity index (χ1v) is 13.8. The van der Waals surface area contributed by atoms with Crippen molar-refractivity contribution in [3.63, 3.8) is 0 Å². The highest BCUT2D eigenvalue weighted by molar-refractivity contribution is 7.26. The molecule has 0 saturated carbocycles. The molecule has 0 unspecified atom stereocenters. The average molecular weight is 506 g/mol. The summed E-state index contributed by atoms with van der Waals surface area (Å²) in [6, 6.07) is 39.3. The molecular weight excluding hydrogens is 482 g/mol. The normalized spacial score (nSPS) is 11.9. The van der Waals surface area contributed by atoms with E-state index in [2.05, 4.69) is 126 Å². The number of pyridine rings is 1. The molecule has 0 spiro atoms. The second kappa shape index (κ2) is 8.23. The number of benzene rings is 5. The Morgan fingerprint density at radius 1 is 0.632 bits per heavy atom. The summed E-state index contributed by atoms with van der Waals surface area (Å²) in [5, 5.41) is 15.6. The highest BCUT2D eigenvalue weighted by atomic mass is 32.1. The predicted molar refractivity (Wildman–Crippen MR) is 161 cm³/mol. The molecule has 38 heavy (non-hydrogen) atoms. The number of nitrogens with zero attached hydrogens (tertiary/aromatic N) is 3. The summed E-state index contributed by atoms with van der Waals surface area (Å²) in [7, 11) is 0. The van der Waals surface area contributed by atoms with Gasteiger partial charge < -0.3 is 0 Å². The number of hydrogen-bond donors (Lipinski definition) is 0. The Bertz CT molecular complexity index is 2170. The fourth-order valence-electron chi connectivity index (χ4n) is 5.77. The van der Waals surface area contributed by atoms with Gasteiger partial charge in [0, 0.05) is 36.5 Å². The molecule has 0 bridgehead atoms. The first-order chi connectivity index (χ1) is 18.8. The Balaban J connectivity index is 1.32. The SMILES string of the molecule is CCc1ccc2c(c1)c1ccccc1c1nnc(-c3ccc(-c4cccc5c4sc4ccccc45)cc3)n21. The Labute approximate surface area is 223 Å². The Morgan fingerprint density at radius 2 is 1.37 bits per heavy atom. The summed E-state index contributed by atoms with van der Waals surface area (Å²) in [4.78, 5) is 0. The van der Waals surface area contributed by atoms with Crippen LogP contribution in [0.15, 0.2) is 109 Å². The van der Waals surface area contributed by atoms with Crippen molar-refractivity contribution in [1.29, 1.82) is 0 Å². The molecule has 8 aromatic rings. The van der Waals surface area contributed by atoms with Gasteiger partial charge in [0.1, 0.15) is 0 Å². The number of rotatable bonds is 3. The Kier molecular flexibility index (Phi) is 4.67. The summed E-state index contributed by atoms with van der Waals surface area (Å²) >= 11 is 1.87. The van der Waals surface area contributed by atoms with Gasteiger partial charge in [-0.1, -0.05) is 97.9 Å². The van der Waals surface area contributed by atoms with Crippen LogP contribution in [-0.4, -0.2) is 14.6 Å². The van der Waals surface area contributed by atoms with E-state index in [1.807, 2.05) is 11.3 Å². The van der Waals surface area contributed by atoms with Gasteiger partial charge in [-0.25, -0.2) is 0 Å². The van der Waals surface area contributed by atoms with Gasteiger partial charge in [0.2, 0.25) is 0 Å². The fourth-order valence-corrected chi connectivity index (χ4v) is 7.01. The number of thiophene rings is 1. The number of aryl methyl sites for hydroxylation is 1. The summed E-state index contributed by atoms with van der Waals surface area (Å²) in [5.41, 5.74) is 6.89. The van der Waals surface area contributed by atoms with Gasteiger partial charge in [-0.3, -0.25) is 4.40 Å². The third kappa shape index (κ3) is 3.07. The first kappa shape index (κ1) is 21.5. The van der Waals surface area contributed by atoms with Crippen LogP contribution in [0.25, 0.3) is 70.0 Å². The van der Waals surface area contributed by atoms with Crippen LogP contribution < -0.4 is 0 Å². The predicted octanol–water partition coefficient (Wildman–Crippen LogP) is 9.30. The van der Waals surface area contributed by atoms with Crippen molar-refractivity contribution in [2.75, 3.05) is 0 Å². The van der Waals surface area contributed by atoms with Crippen LogP contribution in [0.2, 0.25) is 0 Å². The molecule has 0 aliphatic carbocycles. The van der Waals surface area contributed by atoms with E-state index in [-0.39, 0.29) is 0 Å². The third-order valence-electron chi connectivity index (χ3n) is 7.69. The molecule has 0 radical (unpaired) electrons. The van der Waals surface area contributed by atoms with E-state index < -0.39 is 0 Å². The topological polar surface area (TPSA) is 30.2 Å². The molecule has 0 fully saturated rings. The quantitative estimate of drug-likeness (QED) is 0.224. The maximum absolute atomic E-state index is 4.70. The second-order valence-corrected chi connectivity index (χ2v) is 10.8. The maximum atomic E-state index is 4.70. The number of fused-ring (bicyclic) bond motifs is 9. The maximum Gasteiger partial charge on any atom is 0.169 e. The Morgan fingerprint density at radius 3 is 2.21 bits per heavy atom. The number of hydrogen-bond acceptors (Lipinski definition) is 3. The van der Waals surface area contributed by atoms with Gasteiger partial charge in [0.25, 0.3) is 0 Å². The molecule has 0 aliphatic rings. The van der Waals surface area contributed by atoms with Gasteiger partial charge in [-0.15, -0.1) is 21.5 Å². The smallest absolute Gasteiger partial charge is 0.169 e. The molecule has 0 amide bonds. The van der Waals surface area contributed by atoms with Crippen LogP contribution >= 0.6 is 11.3 Å². The lowest BCUT2D eigenvalue weighted by Crippen LogP contribution is -1.95. The van der Waals surface area contributed by atoms with E-state index in [0.29, 0.717) is 0 Å². The monoisotopic (exact) mass is 505 g/mol. The highest BCUT2D eigenvalue weighted by Crippen LogP contribution is 2.40.